The van der Waals surface area contributed by atoms with Crippen LogP contribution in [0.25, 0.3) is 0 Å². The molecule has 1 aliphatic rings. The summed E-state index contributed by atoms with van der Waals surface area (Å²) in [7, 11) is 0. The van der Waals surface area contributed by atoms with Crippen LogP contribution in [0.15, 0.2) is 5.38 Å². The molecule has 6 heteroatoms. The number of thiazole rings is 1. The van der Waals surface area contributed by atoms with Crippen molar-refractivity contribution >= 4 is 22.4 Å². The Bertz CT molecular complexity index is 361. The number of anilines is 1. The largest absolute Gasteiger partial charge is 0.375 e. The number of hydrogen-bond acceptors (Lipinski definition) is 5. The Kier molecular flexibility index (Phi) is 3.74. The zero-order valence-electron chi connectivity index (χ0n) is 8.94. The summed E-state index contributed by atoms with van der Waals surface area (Å²) in [5, 5.41) is 5.32. The van der Waals surface area contributed by atoms with E-state index in [9.17, 15) is 4.79 Å². The SMILES string of the molecule is Nc1nc(CCNC(=O)C2CCCO2)cs1. The Morgan fingerprint density at radius 3 is 3.25 bits per heavy atom. The molecule has 1 fully saturated rings. The van der Waals surface area contributed by atoms with Crippen molar-refractivity contribution in [3.05, 3.63) is 11.1 Å². The van der Waals surface area contributed by atoms with E-state index in [4.69, 9.17) is 10.5 Å². The lowest BCUT2D eigenvalue weighted by Gasteiger charge is -2.09. The molecule has 1 aliphatic heterocycles. The first kappa shape index (κ1) is 11.3. The molecule has 1 atom stereocenters. The predicted molar refractivity (Wildman–Crippen MR) is 62.2 cm³/mol. The van der Waals surface area contributed by atoms with E-state index in [0.717, 1.165) is 18.5 Å². The standard InChI is InChI=1S/C10H15N3O2S/c11-10-13-7(6-16-10)3-4-12-9(14)8-2-1-5-15-8/h6,8H,1-5H2,(H2,11,13)(H,12,14). The van der Waals surface area contributed by atoms with Gasteiger partial charge in [0.1, 0.15) is 6.10 Å². The van der Waals surface area contributed by atoms with Crippen molar-refractivity contribution in [3.63, 3.8) is 0 Å². The maximum Gasteiger partial charge on any atom is 0.249 e. The van der Waals surface area contributed by atoms with Gasteiger partial charge in [0, 0.05) is 25.0 Å². The van der Waals surface area contributed by atoms with E-state index in [0.29, 0.717) is 24.7 Å². The van der Waals surface area contributed by atoms with Crippen molar-refractivity contribution in [2.24, 2.45) is 0 Å². The number of aromatic nitrogens is 1. The third-order valence-electron chi connectivity index (χ3n) is 2.47. The van der Waals surface area contributed by atoms with Gasteiger partial charge in [0.05, 0.1) is 5.69 Å². The first-order valence-corrected chi connectivity index (χ1v) is 6.23. The number of carbonyl (C=O) groups excluding carboxylic acids is 1. The number of rotatable bonds is 4. The summed E-state index contributed by atoms with van der Waals surface area (Å²) in [5.41, 5.74) is 6.44. The lowest BCUT2D eigenvalue weighted by molar-refractivity contribution is -0.129. The third-order valence-corrected chi connectivity index (χ3v) is 3.19. The van der Waals surface area contributed by atoms with E-state index in [1.54, 1.807) is 0 Å². The molecule has 1 aromatic heterocycles. The molecule has 0 spiro atoms. The molecule has 1 aromatic rings. The summed E-state index contributed by atoms with van der Waals surface area (Å²) in [5.74, 6) is -0.0132. The third kappa shape index (κ3) is 2.93. The average molecular weight is 241 g/mol. The molecule has 2 rings (SSSR count). The van der Waals surface area contributed by atoms with Crippen LogP contribution in [0.2, 0.25) is 0 Å². The van der Waals surface area contributed by atoms with E-state index in [1.807, 2.05) is 5.38 Å². The fraction of sp³-hybridized carbons (Fsp3) is 0.600. The number of hydrogen-bond donors (Lipinski definition) is 2. The number of nitrogens with zero attached hydrogens (tertiary/aromatic N) is 1. The van der Waals surface area contributed by atoms with Gasteiger partial charge in [-0.15, -0.1) is 11.3 Å². The molecule has 0 bridgehead atoms. The molecular formula is C10H15N3O2S. The maximum absolute atomic E-state index is 11.6. The van der Waals surface area contributed by atoms with Gasteiger partial charge in [0.25, 0.3) is 0 Å². The summed E-state index contributed by atoms with van der Waals surface area (Å²) in [6, 6.07) is 0. The topological polar surface area (TPSA) is 77.2 Å². The van der Waals surface area contributed by atoms with Gasteiger partial charge in [0.2, 0.25) is 5.91 Å². The van der Waals surface area contributed by atoms with Crippen LogP contribution in [0.4, 0.5) is 5.13 Å². The van der Waals surface area contributed by atoms with Gasteiger partial charge in [-0.25, -0.2) is 4.98 Å². The smallest absolute Gasteiger partial charge is 0.249 e. The van der Waals surface area contributed by atoms with Gasteiger partial charge in [-0.3, -0.25) is 4.79 Å². The number of carbonyl (C=O) groups is 1. The highest BCUT2D eigenvalue weighted by atomic mass is 32.1. The van der Waals surface area contributed by atoms with Crippen molar-refractivity contribution in [3.8, 4) is 0 Å². The Morgan fingerprint density at radius 2 is 2.62 bits per heavy atom. The number of nitrogens with two attached hydrogens (primary N) is 1. The number of nitrogens with one attached hydrogen (secondary N) is 1. The Balaban J connectivity index is 1.69. The van der Waals surface area contributed by atoms with E-state index in [1.165, 1.54) is 11.3 Å². The van der Waals surface area contributed by atoms with Gasteiger partial charge < -0.3 is 15.8 Å². The Hall–Kier alpha value is -1.14. The number of ether oxygens (including phenoxy) is 1. The fourth-order valence-corrected chi connectivity index (χ4v) is 2.25. The van der Waals surface area contributed by atoms with Crippen LogP contribution >= 0.6 is 11.3 Å². The van der Waals surface area contributed by atoms with Crippen LogP contribution in [-0.2, 0) is 16.0 Å². The highest BCUT2D eigenvalue weighted by molar-refractivity contribution is 7.13. The quantitative estimate of drug-likeness (QED) is 0.807. The van der Waals surface area contributed by atoms with Crippen molar-refractivity contribution in [1.29, 1.82) is 0 Å². The minimum Gasteiger partial charge on any atom is -0.375 e. The summed E-state index contributed by atoms with van der Waals surface area (Å²) in [6.07, 6.45) is 2.27. The van der Waals surface area contributed by atoms with Crippen LogP contribution < -0.4 is 11.1 Å². The van der Waals surface area contributed by atoms with Crippen LogP contribution in [-0.4, -0.2) is 30.1 Å². The summed E-state index contributed by atoms with van der Waals surface area (Å²) >= 11 is 1.42. The number of nitrogen functional groups attached to an aromatic ring is 1. The molecule has 5 nitrogen and oxygen atoms in total. The van der Waals surface area contributed by atoms with Crippen LogP contribution in [0.1, 0.15) is 18.5 Å². The number of amides is 1. The van der Waals surface area contributed by atoms with Crippen molar-refractivity contribution < 1.29 is 9.53 Å². The highest BCUT2D eigenvalue weighted by Crippen LogP contribution is 2.12. The van der Waals surface area contributed by atoms with Crippen molar-refractivity contribution in [2.45, 2.75) is 25.4 Å². The molecule has 3 N–H and O–H groups in total. The second-order valence-corrected chi connectivity index (χ2v) is 4.61. The molecule has 16 heavy (non-hydrogen) atoms. The Morgan fingerprint density at radius 1 is 1.75 bits per heavy atom. The molecule has 88 valence electrons. The summed E-state index contributed by atoms with van der Waals surface area (Å²) in [4.78, 5) is 15.7. The van der Waals surface area contributed by atoms with Crippen LogP contribution in [0, 0.1) is 0 Å². The normalized spacial score (nSPS) is 19.9. The van der Waals surface area contributed by atoms with E-state index in [-0.39, 0.29) is 12.0 Å². The van der Waals surface area contributed by atoms with Gasteiger partial charge in [-0.05, 0) is 12.8 Å². The monoisotopic (exact) mass is 241 g/mol. The van der Waals surface area contributed by atoms with E-state index < -0.39 is 0 Å². The lowest BCUT2D eigenvalue weighted by Crippen LogP contribution is -2.35. The van der Waals surface area contributed by atoms with Crippen molar-refractivity contribution in [2.75, 3.05) is 18.9 Å². The van der Waals surface area contributed by atoms with Gasteiger partial charge in [-0.1, -0.05) is 0 Å². The molecule has 0 aromatic carbocycles. The molecule has 1 unspecified atom stereocenters. The van der Waals surface area contributed by atoms with Crippen LogP contribution in [0.3, 0.4) is 0 Å². The first-order chi connectivity index (χ1) is 7.75. The zero-order valence-corrected chi connectivity index (χ0v) is 9.76. The predicted octanol–water partition coefficient (Wildman–Crippen LogP) is 0.563. The molecule has 1 amide bonds. The lowest BCUT2D eigenvalue weighted by atomic mass is 10.2. The molecule has 0 saturated carbocycles. The summed E-state index contributed by atoms with van der Waals surface area (Å²) < 4.78 is 5.28. The maximum atomic E-state index is 11.6. The second kappa shape index (κ2) is 5.27. The zero-order chi connectivity index (χ0) is 11.4. The molecular weight excluding hydrogens is 226 g/mol. The molecule has 0 aliphatic carbocycles. The summed E-state index contributed by atoms with van der Waals surface area (Å²) in [6.45, 7) is 1.28. The second-order valence-electron chi connectivity index (χ2n) is 3.72. The van der Waals surface area contributed by atoms with Gasteiger partial charge in [-0.2, -0.15) is 0 Å². The van der Waals surface area contributed by atoms with Gasteiger partial charge in [0.15, 0.2) is 5.13 Å². The average Bonchev–Trinajstić information content (AvgIpc) is 2.89. The first-order valence-electron chi connectivity index (χ1n) is 5.35. The molecule has 0 radical (unpaired) electrons. The van der Waals surface area contributed by atoms with Crippen LogP contribution in [0.5, 0.6) is 0 Å². The van der Waals surface area contributed by atoms with E-state index in [2.05, 4.69) is 10.3 Å². The van der Waals surface area contributed by atoms with Crippen molar-refractivity contribution in [1.82, 2.24) is 10.3 Å². The van der Waals surface area contributed by atoms with Gasteiger partial charge >= 0.3 is 0 Å². The Labute approximate surface area is 98.0 Å². The minimum atomic E-state index is -0.250. The minimum absolute atomic E-state index is 0.0132. The molecule has 1 saturated heterocycles. The fourth-order valence-electron chi connectivity index (χ4n) is 1.65. The molecule has 2 heterocycles. The van der Waals surface area contributed by atoms with E-state index >= 15 is 0 Å². The highest BCUT2D eigenvalue weighted by Gasteiger charge is 2.22.